The summed E-state index contributed by atoms with van der Waals surface area (Å²) in [5, 5.41) is 4.31. The predicted octanol–water partition coefficient (Wildman–Crippen LogP) is 14.4. The van der Waals surface area contributed by atoms with E-state index < -0.39 is 0 Å². The molecule has 0 aliphatic heterocycles. The number of benzene rings is 9. The maximum atomic E-state index is 9.65. The molecule has 1 heterocycles. The van der Waals surface area contributed by atoms with Gasteiger partial charge >= 0.3 is 0 Å². The van der Waals surface area contributed by atoms with Crippen molar-refractivity contribution in [2.45, 2.75) is 0 Å². The van der Waals surface area contributed by atoms with Crippen LogP contribution in [0.15, 0.2) is 218 Å². The van der Waals surface area contributed by atoms with E-state index in [0.717, 1.165) is 71.9 Å². The maximum absolute atomic E-state index is 9.65. The van der Waals surface area contributed by atoms with Crippen LogP contribution in [0.2, 0.25) is 0 Å². The van der Waals surface area contributed by atoms with Gasteiger partial charge in [0.25, 0.3) is 0 Å². The van der Waals surface area contributed by atoms with Crippen LogP contribution in [0, 0.1) is 0 Å². The Kier molecular flexibility index (Phi) is 6.84. The van der Waals surface area contributed by atoms with E-state index in [-0.39, 0.29) is 35.4 Å². The molecule has 0 aliphatic rings. The van der Waals surface area contributed by atoms with Crippen LogP contribution >= 0.6 is 0 Å². The molecule has 0 saturated carbocycles. The Hall–Kier alpha value is -7.16. The zero-order valence-electron chi connectivity index (χ0n) is 33.4. The molecule has 2 nitrogen and oxygen atoms in total. The number of fused-ring (bicyclic) bond motifs is 4. The van der Waals surface area contributed by atoms with Crippen LogP contribution in [0.5, 0.6) is 0 Å². The summed E-state index contributed by atoms with van der Waals surface area (Å²) in [5.74, 6) is 0. The Balaban J connectivity index is 1.17. The monoisotopic (exact) mass is 692 g/mol. The Labute approximate surface area is 321 Å². The van der Waals surface area contributed by atoms with Crippen molar-refractivity contribution in [2.24, 2.45) is 0 Å². The lowest BCUT2D eigenvalue weighted by Gasteiger charge is -2.28. The number of anilines is 3. The highest BCUT2D eigenvalue weighted by molar-refractivity contribution is 6.11. The summed E-state index contributed by atoms with van der Waals surface area (Å²) in [6.45, 7) is 0. The van der Waals surface area contributed by atoms with E-state index in [1.807, 2.05) is 132 Å². The Morgan fingerprint density at radius 2 is 0.963 bits per heavy atom. The van der Waals surface area contributed by atoms with Gasteiger partial charge in [0.2, 0.25) is 0 Å². The molecule has 9 aromatic carbocycles. The first-order chi connectivity index (χ1) is 28.5. The minimum Gasteiger partial charge on any atom is -0.310 e. The van der Waals surface area contributed by atoms with Crippen LogP contribution in [0.3, 0.4) is 0 Å². The first kappa shape index (κ1) is 27.5. The summed E-state index contributed by atoms with van der Waals surface area (Å²) in [6, 6.07) is 64.8. The molecule has 1 aromatic heterocycles. The molecule has 10 rings (SSSR count). The number of nitrogens with zero attached hydrogens (tertiary/aromatic N) is 2. The highest BCUT2D eigenvalue weighted by Gasteiger charge is 2.19. The average Bonchev–Trinajstić information content (AvgIpc) is 3.61. The zero-order chi connectivity index (χ0) is 39.3. The molecule has 0 aliphatic carbocycles. The van der Waals surface area contributed by atoms with E-state index in [1.165, 1.54) is 0 Å². The minimum atomic E-state index is -0.121. The molecule has 0 N–H and O–H groups in total. The standard InChI is InChI=1S/C52H36N2/c1-3-14-37(15-4-1)38-26-31-43(32-27-38)53(49-23-11-9-21-45(49)40-16-5-2-6-17-40)44-33-28-39(29-34-44)42-30-35-52-48(36-42)47-22-10-12-24-51(47)54(52)50-25-13-19-41-18-7-8-20-46(41)50/h1-36H/i28D,29D,33D,34D. The number of hydrogen-bond acceptors (Lipinski definition) is 1. The van der Waals surface area contributed by atoms with Crippen molar-refractivity contribution < 1.29 is 5.48 Å². The third-order valence-electron chi connectivity index (χ3n) is 10.3. The fourth-order valence-electron chi connectivity index (χ4n) is 7.71. The van der Waals surface area contributed by atoms with Crippen molar-refractivity contribution in [3.05, 3.63) is 218 Å². The van der Waals surface area contributed by atoms with Crippen molar-refractivity contribution in [2.75, 3.05) is 4.90 Å². The normalized spacial score (nSPS) is 12.4. The molecule has 0 unspecified atom stereocenters. The summed E-state index contributed by atoms with van der Waals surface area (Å²) < 4.78 is 40.7. The van der Waals surface area contributed by atoms with Gasteiger partial charge in [-0.1, -0.05) is 164 Å². The third kappa shape index (κ3) is 5.53. The summed E-state index contributed by atoms with van der Waals surface area (Å²) in [6.07, 6.45) is 0. The largest absolute Gasteiger partial charge is 0.310 e. The fraction of sp³-hybridized carbons (Fsp3) is 0. The van der Waals surface area contributed by atoms with Crippen LogP contribution in [0.25, 0.3) is 71.6 Å². The van der Waals surface area contributed by atoms with E-state index in [0.29, 0.717) is 5.56 Å². The molecule has 0 spiro atoms. The maximum Gasteiger partial charge on any atom is 0.0645 e. The lowest BCUT2D eigenvalue weighted by atomic mass is 10.00. The SMILES string of the molecule is [2H]c1c([2H])c(N(c2ccc(-c3ccccc3)cc2)c2ccccc2-c2ccccc2)c([2H])c([2H])c1-c1ccc2c(c1)c1ccccc1n2-c1cccc2ccccc12. The number of hydrogen-bond donors (Lipinski definition) is 0. The summed E-state index contributed by atoms with van der Waals surface area (Å²) in [4.78, 5) is 1.88. The van der Waals surface area contributed by atoms with Gasteiger partial charge in [-0.05, 0) is 87.8 Å². The second kappa shape index (κ2) is 13.4. The fourth-order valence-corrected chi connectivity index (χ4v) is 7.71. The molecule has 0 saturated heterocycles. The van der Waals surface area contributed by atoms with Crippen LogP contribution in [-0.2, 0) is 0 Å². The zero-order valence-corrected chi connectivity index (χ0v) is 29.4. The van der Waals surface area contributed by atoms with Gasteiger partial charge in [0.05, 0.1) is 27.9 Å². The van der Waals surface area contributed by atoms with Gasteiger partial charge in [0.15, 0.2) is 0 Å². The van der Waals surface area contributed by atoms with Gasteiger partial charge in [0, 0.05) is 33.1 Å². The second-order valence-corrected chi connectivity index (χ2v) is 13.4. The molecule has 0 amide bonds. The third-order valence-corrected chi connectivity index (χ3v) is 10.3. The lowest BCUT2D eigenvalue weighted by Crippen LogP contribution is -2.11. The first-order valence-corrected chi connectivity index (χ1v) is 18.2. The second-order valence-electron chi connectivity index (χ2n) is 13.4. The molecular formula is C52H36N2. The van der Waals surface area contributed by atoms with E-state index in [1.54, 1.807) is 0 Å². The van der Waals surface area contributed by atoms with E-state index in [9.17, 15) is 5.48 Å². The summed E-state index contributed by atoms with van der Waals surface area (Å²) in [5.41, 5.74) is 9.65. The molecule has 0 atom stereocenters. The molecule has 54 heavy (non-hydrogen) atoms. The van der Waals surface area contributed by atoms with Crippen molar-refractivity contribution in [1.82, 2.24) is 4.57 Å². The topological polar surface area (TPSA) is 8.17 Å². The first-order valence-electron chi connectivity index (χ1n) is 20.2. The number of aromatic nitrogens is 1. The lowest BCUT2D eigenvalue weighted by molar-refractivity contribution is 1.20. The highest BCUT2D eigenvalue weighted by atomic mass is 15.1. The van der Waals surface area contributed by atoms with Gasteiger partial charge in [-0.3, -0.25) is 0 Å². The molecule has 0 radical (unpaired) electrons. The predicted molar refractivity (Wildman–Crippen MR) is 229 cm³/mol. The van der Waals surface area contributed by atoms with Gasteiger partial charge < -0.3 is 9.47 Å². The van der Waals surface area contributed by atoms with Crippen molar-refractivity contribution in [1.29, 1.82) is 0 Å². The summed E-state index contributed by atoms with van der Waals surface area (Å²) in [7, 11) is 0. The Morgan fingerprint density at radius 1 is 0.370 bits per heavy atom. The van der Waals surface area contributed by atoms with E-state index in [2.05, 4.69) is 71.3 Å². The van der Waals surface area contributed by atoms with Crippen LogP contribution in [0.4, 0.5) is 17.1 Å². The smallest absolute Gasteiger partial charge is 0.0645 e. The molecule has 2 heteroatoms. The average molecular weight is 693 g/mol. The molecular weight excluding hydrogens is 653 g/mol. The molecule has 0 fully saturated rings. The van der Waals surface area contributed by atoms with Crippen molar-refractivity contribution in [3.8, 4) is 39.1 Å². The number of rotatable bonds is 7. The molecule has 10 aromatic rings. The van der Waals surface area contributed by atoms with Crippen molar-refractivity contribution in [3.63, 3.8) is 0 Å². The Morgan fingerprint density at radius 3 is 1.76 bits per heavy atom. The van der Waals surface area contributed by atoms with E-state index >= 15 is 0 Å². The molecule has 0 bridgehead atoms. The van der Waals surface area contributed by atoms with Gasteiger partial charge in [-0.2, -0.15) is 0 Å². The van der Waals surface area contributed by atoms with Crippen LogP contribution in [0.1, 0.15) is 5.48 Å². The van der Waals surface area contributed by atoms with Crippen molar-refractivity contribution >= 4 is 49.6 Å². The van der Waals surface area contributed by atoms with Gasteiger partial charge in [-0.15, -0.1) is 0 Å². The van der Waals surface area contributed by atoms with Crippen LogP contribution in [-0.4, -0.2) is 4.57 Å². The van der Waals surface area contributed by atoms with E-state index in [4.69, 9.17) is 0 Å². The number of para-hydroxylation sites is 2. The van der Waals surface area contributed by atoms with Crippen LogP contribution < -0.4 is 4.90 Å². The summed E-state index contributed by atoms with van der Waals surface area (Å²) >= 11 is 0. The molecule has 254 valence electrons. The quantitative estimate of drug-likeness (QED) is 0.161. The Bertz CT molecular complexity index is 3120. The minimum absolute atomic E-state index is 0.101. The van der Waals surface area contributed by atoms with Gasteiger partial charge in [-0.25, -0.2) is 0 Å². The highest BCUT2D eigenvalue weighted by Crippen LogP contribution is 2.42. The van der Waals surface area contributed by atoms with Gasteiger partial charge in [0.1, 0.15) is 0 Å².